The second kappa shape index (κ2) is 13.2. The summed E-state index contributed by atoms with van der Waals surface area (Å²) in [6.07, 6.45) is 2.97. The summed E-state index contributed by atoms with van der Waals surface area (Å²) in [5.74, 6) is -3.87. The number of benzene rings is 2. The van der Waals surface area contributed by atoms with Crippen LogP contribution in [0, 0.1) is 25.1 Å². The molecule has 0 spiro atoms. The summed E-state index contributed by atoms with van der Waals surface area (Å²) >= 11 is 0. The number of aromatic nitrogens is 1. The highest BCUT2D eigenvalue weighted by atomic mass is 19.3. The van der Waals surface area contributed by atoms with E-state index in [2.05, 4.69) is 41.8 Å². The number of nitrogens with zero attached hydrogens (tertiary/aromatic N) is 4. The average Bonchev–Trinajstić information content (AvgIpc) is 2.99. The fourth-order valence-corrected chi connectivity index (χ4v) is 7.62. The number of carboxylic acids is 1. The maximum absolute atomic E-state index is 14.6. The highest BCUT2D eigenvalue weighted by Gasteiger charge is 2.37. The Morgan fingerprint density at radius 1 is 0.936 bits per heavy atom. The second-order valence-corrected chi connectivity index (χ2v) is 14.8. The summed E-state index contributed by atoms with van der Waals surface area (Å²) in [5, 5.41) is 10.0. The SMILES string of the molecule is Cc1cc(F)ccc1CN1CCc2cc(-c3c(CN4CCCC(F)(F)C4)nc(C)c(CC(=O)O)c3N3CCC(C)(C)CC3)ccc2C1. The van der Waals surface area contributed by atoms with E-state index in [1.165, 1.54) is 17.2 Å². The first-order valence-electron chi connectivity index (χ1n) is 17.0. The zero-order valence-electron chi connectivity index (χ0n) is 28.1. The Kier molecular flexibility index (Phi) is 9.42. The third kappa shape index (κ3) is 7.67. The van der Waals surface area contributed by atoms with Crippen LogP contribution < -0.4 is 4.90 Å². The Morgan fingerprint density at radius 2 is 1.70 bits per heavy atom. The van der Waals surface area contributed by atoms with Gasteiger partial charge >= 0.3 is 5.97 Å². The van der Waals surface area contributed by atoms with Gasteiger partial charge in [0.1, 0.15) is 5.82 Å². The van der Waals surface area contributed by atoms with E-state index >= 15 is 0 Å². The quantitative estimate of drug-likeness (QED) is 0.272. The molecule has 47 heavy (non-hydrogen) atoms. The number of anilines is 1. The third-order valence-corrected chi connectivity index (χ3v) is 10.4. The number of rotatable bonds is 8. The third-order valence-electron chi connectivity index (χ3n) is 10.4. The van der Waals surface area contributed by atoms with Crippen molar-refractivity contribution in [3.8, 4) is 11.1 Å². The predicted molar refractivity (Wildman–Crippen MR) is 179 cm³/mol. The van der Waals surface area contributed by atoms with Crippen molar-refractivity contribution < 1.29 is 23.1 Å². The molecule has 0 aliphatic carbocycles. The van der Waals surface area contributed by atoms with Gasteiger partial charge in [-0.15, -0.1) is 0 Å². The maximum atomic E-state index is 14.6. The Bertz CT molecular complexity index is 1650. The molecule has 1 aromatic heterocycles. The molecule has 0 unspecified atom stereocenters. The van der Waals surface area contributed by atoms with Gasteiger partial charge in [-0.05, 0) is 91.4 Å². The number of carbonyl (C=O) groups is 1. The summed E-state index contributed by atoms with van der Waals surface area (Å²) in [7, 11) is 0. The summed E-state index contributed by atoms with van der Waals surface area (Å²) in [5.41, 5.74) is 9.55. The van der Waals surface area contributed by atoms with Gasteiger partial charge in [-0.1, -0.05) is 38.1 Å². The van der Waals surface area contributed by atoms with Crippen LogP contribution in [0.25, 0.3) is 11.1 Å². The van der Waals surface area contributed by atoms with Crippen LogP contribution in [0.4, 0.5) is 18.9 Å². The van der Waals surface area contributed by atoms with Gasteiger partial charge in [0.05, 0.1) is 24.3 Å². The number of carboxylic acid groups (broad SMARTS) is 1. The number of fused-ring (bicyclic) bond motifs is 1. The molecule has 0 bridgehead atoms. The fraction of sp³-hybridized carbons (Fsp3) is 0.526. The van der Waals surface area contributed by atoms with E-state index in [9.17, 15) is 23.1 Å². The highest BCUT2D eigenvalue weighted by molar-refractivity contribution is 5.87. The van der Waals surface area contributed by atoms with E-state index in [-0.39, 0.29) is 37.2 Å². The molecule has 0 amide bonds. The fourth-order valence-electron chi connectivity index (χ4n) is 7.62. The van der Waals surface area contributed by atoms with Gasteiger partial charge < -0.3 is 10.0 Å². The van der Waals surface area contributed by atoms with E-state index in [1.807, 2.05) is 24.8 Å². The zero-order chi connectivity index (χ0) is 33.5. The van der Waals surface area contributed by atoms with Gasteiger partial charge in [-0.2, -0.15) is 0 Å². The number of piperidine rings is 2. The van der Waals surface area contributed by atoms with Crippen LogP contribution >= 0.6 is 0 Å². The Labute approximate surface area is 276 Å². The molecule has 2 aromatic carbocycles. The Morgan fingerprint density at radius 3 is 2.40 bits per heavy atom. The molecule has 4 heterocycles. The van der Waals surface area contributed by atoms with Crippen molar-refractivity contribution in [2.24, 2.45) is 5.41 Å². The molecule has 1 N–H and O–H groups in total. The highest BCUT2D eigenvalue weighted by Crippen LogP contribution is 2.43. The summed E-state index contributed by atoms with van der Waals surface area (Å²) in [6, 6.07) is 11.5. The van der Waals surface area contributed by atoms with Gasteiger partial charge in [-0.25, -0.2) is 13.2 Å². The van der Waals surface area contributed by atoms with Crippen molar-refractivity contribution >= 4 is 11.7 Å². The minimum absolute atomic E-state index is 0.0995. The topological polar surface area (TPSA) is 59.9 Å². The first kappa shape index (κ1) is 33.5. The smallest absolute Gasteiger partial charge is 0.307 e. The minimum atomic E-state index is -2.73. The van der Waals surface area contributed by atoms with E-state index in [1.54, 1.807) is 6.07 Å². The molecule has 9 heteroatoms. The first-order chi connectivity index (χ1) is 22.3. The van der Waals surface area contributed by atoms with Gasteiger partial charge in [0.25, 0.3) is 5.92 Å². The van der Waals surface area contributed by atoms with Gasteiger partial charge in [0.2, 0.25) is 0 Å². The molecular weight excluding hydrogens is 601 g/mol. The summed E-state index contributed by atoms with van der Waals surface area (Å²) in [6.45, 7) is 12.9. The van der Waals surface area contributed by atoms with Crippen molar-refractivity contribution in [2.45, 2.75) is 91.8 Å². The summed E-state index contributed by atoms with van der Waals surface area (Å²) in [4.78, 5) is 23.7. The van der Waals surface area contributed by atoms with Crippen LogP contribution in [0.2, 0.25) is 0 Å². The Hall–Kier alpha value is -3.43. The average molecular weight is 649 g/mol. The van der Waals surface area contributed by atoms with E-state index in [0.717, 1.165) is 85.6 Å². The normalized spacial score (nSPS) is 19.9. The van der Waals surface area contributed by atoms with Crippen LogP contribution in [0.5, 0.6) is 0 Å². The second-order valence-electron chi connectivity index (χ2n) is 14.8. The molecule has 6 nitrogen and oxygen atoms in total. The largest absolute Gasteiger partial charge is 0.481 e. The number of pyridine rings is 1. The molecular formula is C38H47F3N4O2. The predicted octanol–water partition coefficient (Wildman–Crippen LogP) is 7.55. The molecule has 2 saturated heterocycles. The lowest BCUT2D eigenvalue weighted by Crippen LogP contribution is -2.42. The van der Waals surface area contributed by atoms with Crippen molar-refractivity contribution in [3.63, 3.8) is 0 Å². The lowest BCUT2D eigenvalue weighted by atomic mass is 9.81. The van der Waals surface area contributed by atoms with Crippen molar-refractivity contribution in [3.05, 3.63) is 81.4 Å². The van der Waals surface area contributed by atoms with Crippen LogP contribution in [0.1, 0.15) is 78.7 Å². The molecule has 0 atom stereocenters. The number of aryl methyl sites for hydroxylation is 2. The summed E-state index contributed by atoms with van der Waals surface area (Å²) < 4.78 is 42.8. The van der Waals surface area contributed by atoms with Gasteiger partial charge in [0, 0.05) is 62.5 Å². The monoisotopic (exact) mass is 648 g/mol. The molecule has 0 saturated carbocycles. The number of likely N-dealkylation sites (tertiary alicyclic amines) is 1. The lowest BCUT2D eigenvalue weighted by Gasteiger charge is -2.41. The zero-order valence-corrected chi connectivity index (χ0v) is 28.1. The molecule has 0 radical (unpaired) electrons. The van der Waals surface area contributed by atoms with Crippen molar-refractivity contribution in [1.82, 2.24) is 14.8 Å². The number of halogens is 3. The van der Waals surface area contributed by atoms with Crippen LogP contribution in [-0.4, -0.2) is 64.5 Å². The molecule has 2 fully saturated rings. The van der Waals surface area contributed by atoms with E-state index in [4.69, 9.17) is 4.98 Å². The van der Waals surface area contributed by atoms with Crippen LogP contribution in [0.15, 0.2) is 36.4 Å². The lowest BCUT2D eigenvalue weighted by molar-refractivity contribution is -0.136. The first-order valence-corrected chi connectivity index (χ1v) is 17.0. The number of hydrogen-bond donors (Lipinski definition) is 1. The van der Waals surface area contributed by atoms with Crippen molar-refractivity contribution in [1.29, 1.82) is 0 Å². The standard InChI is InChI=1S/C38H47F3N4O2/c1-25-18-31(39)9-8-29(25)21-43-15-10-27-19-28(6-7-30(27)22-43)35-33(23-44-14-5-11-38(40,41)24-44)42-26(2)32(20-34(46)47)36(35)45-16-12-37(3,4)13-17-45/h6-9,18-19H,5,10-17,20-24H2,1-4H3,(H,46,47). The molecule has 3 aromatic rings. The van der Waals surface area contributed by atoms with E-state index < -0.39 is 11.9 Å². The van der Waals surface area contributed by atoms with Crippen molar-refractivity contribution in [2.75, 3.05) is 37.6 Å². The molecule has 3 aliphatic rings. The van der Waals surface area contributed by atoms with Gasteiger partial charge in [-0.3, -0.25) is 19.6 Å². The van der Waals surface area contributed by atoms with Gasteiger partial charge in [0.15, 0.2) is 0 Å². The number of alkyl halides is 2. The molecule has 3 aliphatic heterocycles. The minimum Gasteiger partial charge on any atom is -0.481 e. The Balaban J connectivity index is 1.41. The number of hydrogen-bond acceptors (Lipinski definition) is 5. The molecule has 252 valence electrons. The van der Waals surface area contributed by atoms with Crippen LogP contribution in [0.3, 0.4) is 0 Å². The number of aliphatic carboxylic acids is 1. The van der Waals surface area contributed by atoms with Crippen LogP contribution in [-0.2, 0) is 37.3 Å². The van der Waals surface area contributed by atoms with E-state index in [0.29, 0.717) is 24.2 Å². The maximum Gasteiger partial charge on any atom is 0.307 e. The molecule has 6 rings (SSSR count).